The second-order valence-corrected chi connectivity index (χ2v) is 4.70. The van der Waals surface area contributed by atoms with Crippen molar-refractivity contribution in [1.29, 1.82) is 0 Å². The average molecular weight is 256 g/mol. The number of rotatable bonds is 3. The molecule has 1 saturated carbocycles. The molecule has 0 spiro atoms. The number of benzene rings is 1. The Labute approximate surface area is 104 Å². The fraction of sp³-hybridized carbons (Fsp3) is 0.455. The van der Waals surface area contributed by atoms with Crippen molar-refractivity contribution in [2.24, 2.45) is 5.73 Å². The van der Waals surface area contributed by atoms with Gasteiger partial charge in [0.05, 0.1) is 4.92 Å². The van der Waals surface area contributed by atoms with Crippen LogP contribution in [0.25, 0.3) is 0 Å². The highest BCUT2D eigenvalue weighted by Crippen LogP contribution is 2.30. The van der Waals surface area contributed by atoms with Gasteiger partial charge in [-0.05, 0) is 31.4 Å². The fourth-order valence-corrected chi connectivity index (χ4v) is 2.31. The fourth-order valence-electron chi connectivity index (χ4n) is 2.15. The summed E-state index contributed by atoms with van der Waals surface area (Å²) in [7, 11) is 0. The highest BCUT2D eigenvalue weighted by Gasteiger charge is 2.26. The predicted molar refractivity (Wildman–Crippen MR) is 67.3 cm³/mol. The molecule has 2 atom stereocenters. The molecule has 0 aromatic heterocycles. The zero-order valence-electron chi connectivity index (χ0n) is 9.23. The van der Waals surface area contributed by atoms with E-state index < -0.39 is 4.92 Å². The van der Waals surface area contributed by atoms with Gasteiger partial charge in [-0.2, -0.15) is 0 Å². The number of halogens is 1. The summed E-state index contributed by atoms with van der Waals surface area (Å²) in [4.78, 5) is 10.5. The molecule has 3 N–H and O–H groups in total. The SMILES string of the molecule is NC1CCCC1Nc1ccc(Cl)cc1[N+](=O)[O-]. The molecule has 0 saturated heterocycles. The smallest absolute Gasteiger partial charge is 0.293 e. The van der Waals surface area contributed by atoms with E-state index in [0.29, 0.717) is 10.7 Å². The normalized spacial score (nSPS) is 23.6. The van der Waals surface area contributed by atoms with Gasteiger partial charge in [-0.3, -0.25) is 10.1 Å². The number of nitro benzene ring substituents is 1. The van der Waals surface area contributed by atoms with Gasteiger partial charge in [0, 0.05) is 23.2 Å². The van der Waals surface area contributed by atoms with Crippen LogP contribution in [0, 0.1) is 10.1 Å². The monoisotopic (exact) mass is 255 g/mol. The summed E-state index contributed by atoms with van der Waals surface area (Å²) in [6.07, 6.45) is 2.96. The summed E-state index contributed by atoms with van der Waals surface area (Å²) < 4.78 is 0. The van der Waals surface area contributed by atoms with Crippen LogP contribution in [-0.4, -0.2) is 17.0 Å². The van der Waals surface area contributed by atoms with Crippen molar-refractivity contribution in [1.82, 2.24) is 0 Å². The van der Waals surface area contributed by atoms with Gasteiger partial charge < -0.3 is 11.1 Å². The maximum Gasteiger partial charge on any atom is 0.293 e. The molecule has 0 radical (unpaired) electrons. The first-order chi connectivity index (χ1) is 8.08. The lowest BCUT2D eigenvalue weighted by Crippen LogP contribution is -2.35. The van der Waals surface area contributed by atoms with Crippen molar-refractivity contribution >= 4 is 23.0 Å². The Balaban J connectivity index is 2.22. The third-order valence-electron chi connectivity index (χ3n) is 3.07. The molecule has 1 aromatic carbocycles. The Kier molecular flexibility index (Phi) is 3.49. The minimum atomic E-state index is -0.436. The van der Waals surface area contributed by atoms with Crippen molar-refractivity contribution in [3.05, 3.63) is 33.3 Å². The average Bonchev–Trinajstić information content (AvgIpc) is 2.67. The van der Waals surface area contributed by atoms with E-state index in [1.54, 1.807) is 12.1 Å². The Hall–Kier alpha value is -1.33. The molecule has 1 aromatic rings. The van der Waals surface area contributed by atoms with Gasteiger partial charge in [-0.15, -0.1) is 0 Å². The molecule has 1 aliphatic rings. The van der Waals surface area contributed by atoms with Gasteiger partial charge in [-0.25, -0.2) is 0 Å². The Morgan fingerprint density at radius 3 is 2.82 bits per heavy atom. The first-order valence-electron chi connectivity index (χ1n) is 5.54. The second kappa shape index (κ2) is 4.89. The zero-order valence-corrected chi connectivity index (χ0v) is 9.98. The molecule has 0 heterocycles. The Bertz CT molecular complexity index is 439. The Morgan fingerprint density at radius 2 is 2.24 bits per heavy atom. The molecule has 2 rings (SSSR count). The van der Waals surface area contributed by atoms with Gasteiger partial charge in [-0.1, -0.05) is 11.6 Å². The minimum Gasteiger partial charge on any atom is -0.375 e. The van der Waals surface area contributed by atoms with E-state index in [9.17, 15) is 10.1 Å². The minimum absolute atomic E-state index is 0.00315. The van der Waals surface area contributed by atoms with Gasteiger partial charge in [0.1, 0.15) is 5.69 Å². The van der Waals surface area contributed by atoms with Crippen LogP contribution >= 0.6 is 11.6 Å². The highest BCUT2D eigenvalue weighted by atomic mass is 35.5. The molecule has 2 unspecified atom stereocenters. The summed E-state index contributed by atoms with van der Waals surface area (Å²) >= 11 is 5.75. The molecule has 6 heteroatoms. The van der Waals surface area contributed by atoms with E-state index in [2.05, 4.69) is 5.32 Å². The number of hydrogen-bond donors (Lipinski definition) is 2. The molecule has 1 fully saturated rings. The first-order valence-corrected chi connectivity index (χ1v) is 5.92. The number of hydrogen-bond acceptors (Lipinski definition) is 4. The third kappa shape index (κ3) is 2.68. The van der Waals surface area contributed by atoms with Crippen molar-refractivity contribution in [2.75, 3.05) is 5.32 Å². The van der Waals surface area contributed by atoms with Crippen LogP contribution < -0.4 is 11.1 Å². The molecular weight excluding hydrogens is 242 g/mol. The van der Waals surface area contributed by atoms with Gasteiger partial charge in [0.2, 0.25) is 0 Å². The van der Waals surface area contributed by atoms with Crippen molar-refractivity contribution in [2.45, 2.75) is 31.3 Å². The summed E-state index contributed by atoms with van der Waals surface area (Å²) in [5, 5.41) is 14.4. The van der Waals surface area contributed by atoms with Crippen LogP contribution in [0.1, 0.15) is 19.3 Å². The highest BCUT2D eigenvalue weighted by molar-refractivity contribution is 6.30. The molecule has 0 aliphatic heterocycles. The van der Waals surface area contributed by atoms with Crippen molar-refractivity contribution in [3.63, 3.8) is 0 Å². The molecule has 0 bridgehead atoms. The molecule has 92 valence electrons. The molecular formula is C11H14ClN3O2. The maximum absolute atomic E-state index is 10.9. The van der Waals surface area contributed by atoms with Gasteiger partial charge in [0.25, 0.3) is 5.69 Å². The second-order valence-electron chi connectivity index (χ2n) is 4.26. The number of anilines is 1. The van der Waals surface area contributed by atoms with E-state index >= 15 is 0 Å². The maximum atomic E-state index is 10.9. The number of nitro groups is 1. The lowest BCUT2D eigenvalue weighted by molar-refractivity contribution is -0.384. The van der Waals surface area contributed by atoms with Crippen LogP contribution in [0.15, 0.2) is 18.2 Å². The topological polar surface area (TPSA) is 81.2 Å². The molecule has 5 nitrogen and oxygen atoms in total. The van der Waals surface area contributed by atoms with E-state index in [1.165, 1.54) is 6.07 Å². The molecule has 0 amide bonds. The van der Waals surface area contributed by atoms with E-state index in [1.807, 2.05) is 0 Å². The molecule has 1 aliphatic carbocycles. The Morgan fingerprint density at radius 1 is 1.47 bits per heavy atom. The standard InChI is InChI=1S/C11H14ClN3O2/c12-7-4-5-10(11(6-7)15(16)17)14-9-3-1-2-8(9)13/h4-6,8-9,14H,1-3,13H2. The summed E-state index contributed by atoms with van der Waals surface area (Å²) in [6.45, 7) is 0. The number of nitrogens with zero attached hydrogens (tertiary/aromatic N) is 1. The zero-order chi connectivity index (χ0) is 12.4. The molecule has 17 heavy (non-hydrogen) atoms. The van der Waals surface area contributed by atoms with E-state index in [0.717, 1.165) is 19.3 Å². The quantitative estimate of drug-likeness (QED) is 0.642. The van der Waals surface area contributed by atoms with Crippen LogP contribution in [-0.2, 0) is 0 Å². The summed E-state index contributed by atoms with van der Waals surface area (Å²) in [5.74, 6) is 0. The van der Waals surface area contributed by atoms with Crippen LogP contribution in [0.4, 0.5) is 11.4 Å². The summed E-state index contributed by atoms with van der Waals surface area (Å²) in [6, 6.07) is 4.79. The third-order valence-corrected chi connectivity index (χ3v) is 3.30. The van der Waals surface area contributed by atoms with Gasteiger partial charge >= 0.3 is 0 Å². The van der Waals surface area contributed by atoms with Crippen LogP contribution in [0.5, 0.6) is 0 Å². The lowest BCUT2D eigenvalue weighted by Gasteiger charge is -2.18. The summed E-state index contributed by atoms with van der Waals surface area (Å²) in [5.41, 5.74) is 6.41. The first kappa shape index (κ1) is 12.1. The number of nitrogens with two attached hydrogens (primary N) is 1. The van der Waals surface area contributed by atoms with E-state index in [4.69, 9.17) is 17.3 Å². The van der Waals surface area contributed by atoms with E-state index in [-0.39, 0.29) is 17.8 Å². The predicted octanol–water partition coefficient (Wildman–Crippen LogP) is 2.54. The van der Waals surface area contributed by atoms with Crippen LogP contribution in [0.3, 0.4) is 0 Å². The van der Waals surface area contributed by atoms with Crippen molar-refractivity contribution in [3.8, 4) is 0 Å². The van der Waals surface area contributed by atoms with Gasteiger partial charge in [0.15, 0.2) is 0 Å². The van der Waals surface area contributed by atoms with Crippen molar-refractivity contribution < 1.29 is 4.92 Å². The largest absolute Gasteiger partial charge is 0.375 e. The number of nitrogens with one attached hydrogen (secondary N) is 1. The lowest BCUT2D eigenvalue weighted by atomic mass is 10.1. The van der Waals surface area contributed by atoms with Crippen LogP contribution in [0.2, 0.25) is 5.02 Å².